The molecule has 4 saturated carbocycles. The van der Waals surface area contributed by atoms with Crippen molar-refractivity contribution in [1.82, 2.24) is 15.0 Å². The first kappa shape index (κ1) is 32.5. The molecule has 0 radical (unpaired) electrons. The fraction of sp³-hybridized carbons (Fsp3) is 0.200. The van der Waals surface area contributed by atoms with Crippen LogP contribution < -0.4 is 0 Å². The van der Waals surface area contributed by atoms with Crippen molar-refractivity contribution in [1.29, 1.82) is 5.26 Å². The summed E-state index contributed by atoms with van der Waals surface area (Å²) >= 11 is 0. The van der Waals surface area contributed by atoms with Gasteiger partial charge >= 0.3 is 0 Å². The van der Waals surface area contributed by atoms with Crippen LogP contribution in [0.4, 0.5) is 0 Å². The molecule has 4 bridgehead atoms. The minimum atomic E-state index is 0.345. The molecule has 4 fully saturated rings. The summed E-state index contributed by atoms with van der Waals surface area (Å²) in [5.74, 6) is 4.69. The van der Waals surface area contributed by atoms with E-state index in [1.807, 2.05) is 42.5 Å². The maximum atomic E-state index is 9.67. The van der Waals surface area contributed by atoms with Gasteiger partial charge in [0.15, 0.2) is 17.5 Å². The molecule has 0 N–H and O–H groups in total. The van der Waals surface area contributed by atoms with Crippen LogP contribution >= 0.6 is 0 Å². The number of nitrogens with zero attached hydrogens (tertiary/aromatic N) is 4. The third kappa shape index (κ3) is 6.00. The molecule has 4 aliphatic rings. The smallest absolute Gasteiger partial charge is 0.164 e. The van der Waals surface area contributed by atoms with Crippen molar-refractivity contribution in [3.63, 3.8) is 0 Å². The standard InChI is InChI=1S/C50H40N4/c51-32-33-14-23-45(46(27-33)38-10-5-2-6-11-38)39-15-17-40(18-16-39)47-52-48(54-49(53-47)43-13-7-12-42(28-43)37-8-3-1-4-9-37)41-19-21-44(22-20-41)50-29-34-24-35(30-50)26-36(25-34)31-50/h1-23,27-28,34-36H,24-26,29-31H2. The molecule has 11 rings (SSSR count). The Hall–Kier alpha value is -6.18. The second-order valence-corrected chi connectivity index (χ2v) is 15.8. The summed E-state index contributed by atoms with van der Waals surface area (Å²) in [6.07, 6.45) is 8.38. The molecule has 4 heteroatoms. The van der Waals surface area contributed by atoms with Crippen LogP contribution in [-0.2, 0) is 5.41 Å². The van der Waals surface area contributed by atoms with Gasteiger partial charge in [-0.05, 0) is 119 Å². The summed E-state index contributed by atoms with van der Waals surface area (Å²) in [4.78, 5) is 15.4. The third-order valence-electron chi connectivity index (χ3n) is 12.3. The van der Waals surface area contributed by atoms with Gasteiger partial charge in [0.25, 0.3) is 0 Å². The molecule has 4 aliphatic carbocycles. The number of nitriles is 1. The normalized spacial score (nSPS) is 21.1. The Morgan fingerprint density at radius 3 is 1.50 bits per heavy atom. The molecule has 1 heterocycles. The third-order valence-corrected chi connectivity index (χ3v) is 12.3. The zero-order valence-electron chi connectivity index (χ0n) is 30.2. The predicted molar refractivity (Wildman–Crippen MR) is 217 cm³/mol. The molecule has 0 amide bonds. The largest absolute Gasteiger partial charge is 0.208 e. The lowest BCUT2D eigenvalue weighted by atomic mass is 9.48. The Morgan fingerprint density at radius 2 is 0.907 bits per heavy atom. The molecular formula is C50H40N4. The topological polar surface area (TPSA) is 62.5 Å². The molecule has 0 atom stereocenters. The fourth-order valence-electron chi connectivity index (χ4n) is 10.2. The molecule has 1 aromatic heterocycles. The van der Waals surface area contributed by atoms with E-state index in [-0.39, 0.29) is 0 Å². The van der Waals surface area contributed by atoms with Gasteiger partial charge in [-0.15, -0.1) is 0 Å². The second-order valence-electron chi connectivity index (χ2n) is 15.8. The lowest BCUT2D eigenvalue weighted by Crippen LogP contribution is -2.48. The molecule has 0 spiro atoms. The monoisotopic (exact) mass is 696 g/mol. The average molecular weight is 697 g/mol. The van der Waals surface area contributed by atoms with E-state index in [1.165, 1.54) is 44.1 Å². The second kappa shape index (κ2) is 13.3. The summed E-state index contributed by atoms with van der Waals surface area (Å²) < 4.78 is 0. The Balaban J connectivity index is 1.04. The minimum Gasteiger partial charge on any atom is -0.208 e. The van der Waals surface area contributed by atoms with Crippen LogP contribution in [0.25, 0.3) is 67.5 Å². The van der Waals surface area contributed by atoms with E-state index in [2.05, 4.69) is 115 Å². The van der Waals surface area contributed by atoms with Crippen LogP contribution in [0.1, 0.15) is 49.7 Å². The maximum absolute atomic E-state index is 9.67. The first-order valence-electron chi connectivity index (χ1n) is 19.3. The van der Waals surface area contributed by atoms with Crippen molar-refractivity contribution in [2.45, 2.75) is 43.9 Å². The molecular weight excluding hydrogens is 657 g/mol. The summed E-state index contributed by atoms with van der Waals surface area (Å²) in [5.41, 5.74) is 11.9. The van der Waals surface area contributed by atoms with Crippen LogP contribution in [-0.4, -0.2) is 15.0 Å². The van der Waals surface area contributed by atoms with E-state index >= 15 is 0 Å². The summed E-state index contributed by atoms with van der Waals surface area (Å²) in [6.45, 7) is 0. The van der Waals surface area contributed by atoms with Gasteiger partial charge in [-0.1, -0.05) is 133 Å². The fourth-order valence-corrected chi connectivity index (χ4v) is 10.2. The van der Waals surface area contributed by atoms with Gasteiger partial charge in [0.05, 0.1) is 11.6 Å². The van der Waals surface area contributed by atoms with Gasteiger partial charge in [0.2, 0.25) is 0 Å². The lowest BCUT2D eigenvalue weighted by Gasteiger charge is -2.57. The molecule has 0 saturated heterocycles. The molecule has 0 unspecified atom stereocenters. The van der Waals surface area contributed by atoms with Gasteiger partial charge in [0, 0.05) is 16.7 Å². The van der Waals surface area contributed by atoms with Crippen LogP contribution in [0.3, 0.4) is 0 Å². The first-order chi connectivity index (χ1) is 26.6. The number of hydrogen-bond acceptors (Lipinski definition) is 4. The number of rotatable bonds is 7. The van der Waals surface area contributed by atoms with Crippen molar-refractivity contribution >= 4 is 0 Å². The van der Waals surface area contributed by atoms with E-state index in [0.29, 0.717) is 28.5 Å². The van der Waals surface area contributed by atoms with Gasteiger partial charge in [0.1, 0.15) is 0 Å². The Kier molecular flexibility index (Phi) is 8.02. The average Bonchev–Trinajstić information content (AvgIpc) is 3.23. The van der Waals surface area contributed by atoms with Gasteiger partial charge in [-0.25, -0.2) is 15.0 Å². The van der Waals surface area contributed by atoms with E-state index < -0.39 is 0 Å². The quantitative estimate of drug-likeness (QED) is 0.166. The van der Waals surface area contributed by atoms with E-state index in [0.717, 1.165) is 67.8 Å². The highest BCUT2D eigenvalue weighted by molar-refractivity contribution is 5.85. The highest BCUT2D eigenvalue weighted by Crippen LogP contribution is 2.60. The van der Waals surface area contributed by atoms with Gasteiger partial charge < -0.3 is 0 Å². The van der Waals surface area contributed by atoms with Crippen molar-refractivity contribution in [3.8, 4) is 73.6 Å². The summed E-state index contributed by atoms with van der Waals surface area (Å²) in [6, 6.07) is 55.1. The zero-order chi connectivity index (χ0) is 36.1. The Morgan fingerprint density at radius 1 is 0.426 bits per heavy atom. The SMILES string of the molecule is N#Cc1ccc(-c2ccc(-c3nc(-c4ccc(C56CC7CC(CC(C7)C5)C6)cc4)nc(-c4cccc(-c5ccccc5)c4)n3)cc2)c(-c2ccccc2)c1. The molecule has 7 aromatic rings. The number of hydrogen-bond donors (Lipinski definition) is 0. The Bertz CT molecular complexity index is 2480. The number of benzene rings is 6. The maximum Gasteiger partial charge on any atom is 0.164 e. The highest BCUT2D eigenvalue weighted by atomic mass is 15.0. The van der Waals surface area contributed by atoms with Crippen LogP contribution in [0.2, 0.25) is 0 Å². The molecule has 6 aromatic carbocycles. The summed E-state index contributed by atoms with van der Waals surface area (Å²) in [7, 11) is 0. The first-order valence-corrected chi connectivity index (χ1v) is 19.3. The predicted octanol–water partition coefficient (Wildman–Crippen LogP) is 12.2. The Labute approximate surface area is 317 Å². The number of aromatic nitrogens is 3. The minimum absolute atomic E-state index is 0.345. The van der Waals surface area contributed by atoms with E-state index in [9.17, 15) is 5.26 Å². The zero-order valence-corrected chi connectivity index (χ0v) is 30.2. The molecule has 0 aliphatic heterocycles. The summed E-state index contributed by atoms with van der Waals surface area (Å²) in [5, 5.41) is 9.67. The lowest BCUT2D eigenvalue weighted by molar-refractivity contribution is -0.00518. The van der Waals surface area contributed by atoms with Crippen molar-refractivity contribution in [2.24, 2.45) is 17.8 Å². The van der Waals surface area contributed by atoms with E-state index in [1.54, 1.807) is 0 Å². The van der Waals surface area contributed by atoms with Crippen molar-refractivity contribution in [3.05, 3.63) is 163 Å². The van der Waals surface area contributed by atoms with Gasteiger partial charge in [-0.3, -0.25) is 0 Å². The van der Waals surface area contributed by atoms with Crippen LogP contribution in [0, 0.1) is 29.1 Å². The highest BCUT2D eigenvalue weighted by Gasteiger charge is 2.51. The van der Waals surface area contributed by atoms with Crippen molar-refractivity contribution in [2.75, 3.05) is 0 Å². The van der Waals surface area contributed by atoms with Crippen LogP contribution in [0.15, 0.2) is 152 Å². The van der Waals surface area contributed by atoms with E-state index in [4.69, 9.17) is 15.0 Å². The molecule has 54 heavy (non-hydrogen) atoms. The van der Waals surface area contributed by atoms with Crippen LogP contribution in [0.5, 0.6) is 0 Å². The van der Waals surface area contributed by atoms with Crippen molar-refractivity contribution < 1.29 is 0 Å². The van der Waals surface area contributed by atoms with Gasteiger partial charge in [-0.2, -0.15) is 5.26 Å². The molecule has 4 nitrogen and oxygen atoms in total. The molecule has 260 valence electrons.